The number of fused-ring (bicyclic) bond motifs is 1. The molecule has 1 aliphatic rings. The Balaban J connectivity index is 1.88. The molecular weight excluding hydrogens is 229 g/mol. The van der Waals surface area contributed by atoms with Crippen molar-refractivity contribution in [2.75, 3.05) is 6.54 Å². The lowest BCUT2D eigenvalue weighted by Gasteiger charge is -2.25. The molecule has 3 heteroatoms. The first-order chi connectivity index (χ1) is 8.74. The smallest absolute Gasteiger partial charge is 0.173 e. The van der Waals surface area contributed by atoms with Crippen molar-refractivity contribution < 1.29 is 8.81 Å². The van der Waals surface area contributed by atoms with Crippen molar-refractivity contribution in [2.24, 2.45) is 0 Å². The first kappa shape index (κ1) is 11.7. The minimum absolute atomic E-state index is 0.0968. The van der Waals surface area contributed by atoms with E-state index < -0.39 is 6.17 Å². The summed E-state index contributed by atoms with van der Waals surface area (Å²) in [6.07, 6.45) is 2.08. The van der Waals surface area contributed by atoms with E-state index in [4.69, 9.17) is 4.42 Å². The second kappa shape index (κ2) is 4.73. The minimum atomic E-state index is -1.04. The van der Waals surface area contributed by atoms with E-state index in [0.717, 1.165) is 36.8 Å². The number of rotatable bonds is 2. The molecular formula is C15H18FNO. The molecule has 0 saturated carbocycles. The van der Waals surface area contributed by atoms with Gasteiger partial charge in [0.05, 0.1) is 0 Å². The van der Waals surface area contributed by atoms with Gasteiger partial charge in [-0.2, -0.15) is 0 Å². The van der Waals surface area contributed by atoms with Gasteiger partial charge in [0.15, 0.2) is 6.17 Å². The van der Waals surface area contributed by atoms with Gasteiger partial charge in [0.2, 0.25) is 0 Å². The molecule has 2 heterocycles. The largest absolute Gasteiger partial charge is 0.458 e. The molecule has 0 aliphatic carbocycles. The Labute approximate surface area is 106 Å². The number of hydrogen-bond acceptors (Lipinski definition) is 2. The molecule has 18 heavy (non-hydrogen) atoms. The average molecular weight is 247 g/mol. The predicted octanol–water partition coefficient (Wildman–Crippen LogP) is 3.89. The van der Waals surface area contributed by atoms with Gasteiger partial charge in [0.25, 0.3) is 0 Å². The van der Waals surface area contributed by atoms with Crippen LogP contribution in [0.25, 0.3) is 11.0 Å². The molecule has 0 bridgehead atoms. The summed E-state index contributed by atoms with van der Waals surface area (Å²) in [7, 11) is 0. The summed E-state index contributed by atoms with van der Waals surface area (Å²) < 4.78 is 20.0. The predicted molar refractivity (Wildman–Crippen MR) is 70.4 cm³/mol. The maximum absolute atomic E-state index is 14.4. The highest BCUT2D eigenvalue weighted by molar-refractivity contribution is 5.78. The fourth-order valence-electron chi connectivity index (χ4n) is 2.65. The lowest BCUT2D eigenvalue weighted by Crippen LogP contribution is -2.37. The van der Waals surface area contributed by atoms with Crippen molar-refractivity contribution in [3.8, 4) is 0 Å². The van der Waals surface area contributed by atoms with Gasteiger partial charge in [-0.15, -0.1) is 0 Å². The van der Waals surface area contributed by atoms with Gasteiger partial charge in [-0.3, -0.25) is 0 Å². The van der Waals surface area contributed by atoms with Gasteiger partial charge in [-0.25, -0.2) is 4.39 Å². The monoisotopic (exact) mass is 247 g/mol. The third-order valence-corrected chi connectivity index (χ3v) is 3.66. The molecule has 2 aromatic rings. The van der Waals surface area contributed by atoms with E-state index in [2.05, 4.69) is 5.32 Å². The molecule has 3 rings (SSSR count). The maximum Gasteiger partial charge on any atom is 0.173 e. The summed E-state index contributed by atoms with van der Waals surface area (Å²) in [4.78, 5) is 0. The van der Waals surface area contributed by atoms with E-state index in [1.165, 1.54) is 5.56 Å². The van der Waals surface area contributed by atoms with Gasteiger partial charge in [-0.1, -0.05) is 18.1 Å². The quantitative estimate of drug-likeness (QED) is 0.870. The molecule has 1 aliphatic heterocycles. The number of halogens is 1. The number of piperidine rings is 1. The molecule has 1 aromatic carbocycles. The number of hydrogen-bond donors (Lipinski definition) is 1. The molecule has 1 saturated heterocycles. The lowest BCUT2D eigenvalue weighted by atomic mass is 9.99. The average Bonchev–Trinajstić information content (AvgIpc) is 2.81. The Hall–Kier alpha value is -1.35. The molecule has 1 N–H and O–H groups in total. The van der Waals surface area contributed by atoms with E-state index in [1.54, 1.807) is 0 Å². The van der Waals surface area contributed by atoms with Crippen LogP contribution in [0, 0.1) is 6.92 Å². The van der Waals surface area contributed by atoms with E-state index in [-0.39, 0.29) is 6.04 Å². The van der Waals surface area contributed by atoms with Crippen molar-refractivity contribution in [3.05, 3.63) is 35.6 Å². The number of aryl methyl sites for hydroxylation is 1. The van der Waals surface area contributed by atoms with Crippen molar-refractivity contribution in [2.45, 2.75) is 38.4 Å². The van der Waals surface area contributed by atoms with Crippen molar-refractivity contribution >= 4 is 11.0 Å². The van der Waals surface area contributed by atoms with E-state index in [0.29, 0.717) is 5.76 Å². The van der Waals surface area contributed by atoms with Gasteiger partial charge in [0.1, 0.15) is 11.3 Å². The molecule has 2 atom stereocenters. The number of furan rings is 1. The zero-order valence-corrected chi connectivity index (χ0v) is 10.6. The summed E-state index contributed by atoms with van der Waals surface area (Å²) in [5.74, 6) is 0.454. The molecule has 96 valence electrons. The van der Waals surface area contributed by atoms with Gasteiger partial charge >= 0.3 is 0 Å². The topological polar surface area (TPSA) is 25.2 Å². The van der Waals surface area contributed by atoms with Crippen LogP contribution in [0.3, 0.4) is 0 Å². The summed E-state index contributed by atoms with van der Waals surface area (Å²) in [5, 5.41) is 4.23. The van der Waals surface area contributed by atoms with Crippen LogP contribution in [0.2, 0.25) is 0 Å². The second-order valence-corrected chi connectivity index (χ2v) is 5.15. The first-order valence-electron chi connectivity index (χ1n) is 6.61. The summed E-state index contributed by atoms with van der Waals surface area (Å²) in [6.45, 7) is 2.94. The molecule has 1 fully saturated rings. The molecule has 2 unspecified atom stereocenters. The lowest BCUT2D eigenvalue weighted by molar-refractivity contribution is 0.195. The van der Waals surface area contributed by atoms with Gasteiger partial charge < -0.3 is 9.73 Å². The highest BCUT2D eigenvalue weighted by atomic mass is 19.1. The molecule has 1 aromatic heterocycles. The van der Waals surface area contributed by atoms with Crippen LogP contribution in [-0.4, -0.2) is 12.6 Å². The Morgan fingerprint density at radius 3 is 3.00 bits per heavy atom. The van der Waals surface area contributed by atoms with Crippen LogP contribution < -0.4 is 5.32 Å². The third kappa shape index (κ3) is 2.15. The Morgan fingerprint density at radius 1 is 1.33 bits per heavy atom. The summed E-state index contributed by atoms with van der Waals surface area (Å²) in [6, 6.07) is 7.67. The van der Waals surface area contributed by atoms with Crippen LogP contribution in [0.4, 0.5) is 4.39 Å². The van der Waals surface area contributed by atoms with Gasteiger partial charge in [-0.05, 0) is 44.5 Å². The van der Waals surface area contributed by atoms with Crippen LogP contribution in [0.1, 0.15) is 36.8 Å². The highest BCUT2D eigenvalue weighted by Gasteiger charge is 2.27. The van der Waals surface area contributed by atoms with Gasteiger partial charge in [0, 0.05) is 11.4 Å². The first-order valence-corrected chi connectivity index (χ1v) is 6.61. The Kier molecular flexibility index (Phi) is 3.08. The fourth-order valence-corrected chi connectivity index (χ4v) is 2.65. The zero-order valence-electron chi connectivity index (χ0n) is 10.6. The molecule has 0 spiro atoms. The standard InChI is InChI=1S/C15H18FNO/c1-10-5-6-13-11(8-10)9-14(18-13)15(16)12-4-2-3-7-17-12/h5-6,8-9,12,15,17H,2-4,7H2,1H3. The van der Waals surface area contributed by atoms with Crippen LogP contribution in [-0.2, 0) is 0 Å². The summed E-state index contributed by atoms with van der Waals surface area (Å²) >= 11 is 0. The van der Waals surface area contributed by atoms with E-state index in [1.807, 2.05) is 31.2 Å². The van der Waals surface area contributed by atoms with E-state index >= 15 is 0 Å². The van der Waals surface area contributed by atoms with Crippen molar-refractivity contribution in [3.63, 3.8) is 0 Å². The Morgan fingerprint density at radius 2 is 2.22 bits per heavy atom. The number of nitrogens with one attached hydrogen (secondary N) is 1. The third-order valence-electron chi connectivity index (χ3n) is 3.66. The normalized spacial score (nSPS) is 22.2. The second-order valence-electron chi connectivity index (χ2n) is 5.15. The van der Waals surface area contributed by atoms with E-state index in [9.17, 15) is 4.39 Å². The SMILES string of the molecule is Cc1ccc2oc(C(F)C3CCCCN3)cc2c1. The van der Waals surface area contributed by atoms with Crippen LogP contribution in [0.5, 0.6) is 0 Å². The van der Waals surface area contributed by atoms with Crippen LogP contribution in [0.15, 0.2) is 28.7 Å². The van der Waals surface area contributed by atoms with Crippen molar-refractivity contribution in [1.29, 1.82) is 0 Å². The van der Waals surface area contributed by atoms with Crippen LogP contribution >= 0.6 is 0 Å². The van der Waals surface area contributed by atoms with Crippen molar-refractivity contribution in [1.82, 2.24) is 5.32 Å². The molecule has 2 nitrogen and oxygen atoms in total. The Bertz CT molecular complexity index is 542. The summed E-state index contributed by atoms with van der Waals surface area (Å²) in [5.41, 5.74) is 1.94. The highest BCUT2D eigenvalue weighted by Crippen LogP contribution is 2.31. The zero-order chi connectivity index (χ0) is 12.5. The minimum Gasteiger partial charge on any atom is -0.458 e. The fraction of sp³-hybridized carbons (Fsp3) is 0.467. The molecule has 0 radical (unpaired) electrons. The number of benzene rings is 1. The maximum atomic E-state index is 14.4. The molecule has 0 amide bonds. The number of alkyl halides is 1.